The van der Waals surface area contributed by atoms with Gasteiger partial charge in [0.25, 0.3) is 5.91 Å². The molecule has 1 aromatic heterocycles. The molecule has 0 unspecified atom stereocenters. The normalized spacial score (nSPS) is 10.2. The van der Waals surface area contributed by atoms with Crippen LogP contribution in [0.5, 0.6) is 5.75 Å². The molecule has 0 radical (unpaired) electrons. The molecule has 0 aliphatic heterocycles. The zero-order chi connectivity index (χ0) is 20.5. The van der Waals surface area contributed by atoms with Crippen LogP contribution in [-0.2, 0) is 14.3 Å². The molecule has 0 fully saturated rings. The molecule has 1 N–H and O–H groups in total. The first-order valence-electron chi connectivity index (χ1n) is 8.72. The van der Waals surface area contributed by atoms with Crippen molar-refractivity contribution in [3.8, 4) is 16.3 Å². The third-order valence-corrected chi connectivity index (χ3v) is 4.65. The van der Waals surface area contributed by atoms with Crippen LogP contribution in [-0.4, -0.2) is 61.5 Å². The van der Waals surface area contributed by atoms with Crippen LogP contribution < -0.4 is 10.1 Å². The molecular formula is C19H23N3O5S. The Kier molecular flexibility index (Phi) is 7.94. The molecule has 28 heavy (non-hydrogen) atoms. The first-order chi connectivity index (χ1) is 13.4. The first-order valence-corrected chi connectivity index (χ1v) is 9.60. The van der Waals surface area contributed by atoms with Crippen LogP contribution in [0, 0.1) is 0 Å². The van der Waals surface area contributed by atoms with E-state index in [2.05, 4.69) is 10.3 Å². The minimum absolute atomic E-state index is 0.0886. The van der Waals surface area contributed by atoms with Gasteiger partial charge in [0.15, 0.2) is 12.3 Å². The van der Waals surface area contributed by atoms with Crippen molar-refractivity contribution in [3.05, 3.63) is 35.3 Å². The van der Waals surface area contributed by atoms with Crippen molar-refractivity contribution in [2.75, 3.05) is 33.9 Å². The summed E-state index contributed by atoms with van der Waals surface area (Å²) in [6.45, 7) is 1.95. The second-order valence-electron chi connectivity index (χ2n) is 5.94. The second-order valence-corrected chi connectivity index (χ2v) is 6.80. The van der Waals surface area contributed by atoms with Gasteiger partial charge in [-0.3, -0.25) is 9.59 Å². The second kappa shape index (κ2) is 10.4. The highest BCUT2D eigenvalue weighted by Crippen LogP contribution is 2.25. The van der Waals surface area contributed by atoms with Gasteiger partial charge in [0, 0.05) is 24.5 Å². The average molecular weight is 405 g/mol. The lowest BCUT2D eigenvalue weighted by molar-refractivity contribution is -0.137. The number of carbonyl (C=O) groups excluding carboxylic acids is 3. The molecule has 0 saturated carbocycles. The van der Waals surface area contributed by atoms with Gasteiger partial charge >= 0.3 is 5.97 Å². The van der Waals surface area contributed by atoms with Gasteiger partial charge in [0.05, 0.1) is 13.7 Å². The molecule has 0 bridgehead atoms. The van der Waals surface area contributed by atoms with Crippen LogP contribution in [0.25, 0.3) is 10.6 Å². The molecule has 0 saturated heterocycles. The monoisotopic (exact) mass is 405 g/mol. The largest absolute Gasteiger partial charge is 0.497 e. The van der Waals surface area contributed by atoms with Crippen molar-refractivity contribution in [2.45, 2.75) is 13.3 Å². The van der Waals surface area contributed by atoms with Crippen molar-refractivity contribution in [3.63, 3.8) is 0 Å². The molecule has 2 amide bonds. The maximum Gasteiger partial charge on any atom is 0.358 e. The smallest absolute Gasteiger partial charge is 0.358 e. The SMILES string of the molecule is CCCNC(=O)CN(C)C(=O)COC(=O)c1csc(-c2ccc(OC)cc2)n1. The number of aromatic nitrogens is 1. The highest BCUT2D eigenvalue weighted by Gasteiger charge is 2.18. The quantitative estimate of drug-likeness (QED) is 0.641. The lowest BCUT2D eigenvalue weighted by atomic mass is 10.2. The number of hydrogen-bond donors (Lipinski definition) is 1. The minimum Gasteiger partial charge on any atom is -0.497 e. The zero-order valence-electron chi connectivity index (χ0n) is 16.1. The summed E-state index contributed by atoms with van der Waals surface area (Å²) < 4.78 is 10.1. The number of hydrogen-bond acceptors (Lipinski definition) is 7. The van der Waals surface area contributed by atoms with Crippen molar-refractivity contribution < 1.29 is 23.9 Å². The molecule has 0 aliphatic carbocycles. The Morgan fingerprint density at radius 3 is 2.57 bits per heavy atom. The zero-order valence-corrected chi connectivity index (χ0v) is 16.9. The Morgan fingerprint density at radius 1 is 1.21 bits per heavy atom. The molecule has 9 heteroatoms. The fraction of sp³-hybridized carbons (Fsp3) is 0.368. The third kappa shape index (κ3) is 6.05. The van der Waals surface area contributed by atoms with E-state index < -0.39 is 18.5 Å². The maximum atomic E-state index is 12.1. The molecular weight excluding hydrogens is 382 g/mol. The van der Waals surface area contributed by atoms with Crippen LogP contribution in [0.4, 0.5) is 0 Å². The molecule has 2 rings (SSSR count). The molecule has 150 valence electrons. The van der Waals surface area contributed by atoms with Gasteiger partial charge in [-0.1, -0.05) is 6.92 Å². The van der Waals surface area contributed by atoms with E-state index in [9.17, 15) is 14.4 Å². The molecule has 0 aliphatic rings. The Labute approximate surface area is 167 Å². The van der Waals surface area contributed by atoms with Gasteiger partial charge in [0.2, 0.25) is 5.91 Å². The van der Waals surface area contributed by atoms with Gasteiger partial charge in [-0.2, -0.15) is 0 Å². The molecule has 1 aromatic carbocycles. The number of carbonyl (C=O) groups is 3. The predicted molar refractivity (Wildman–Crippen MR) is 105 cm³/mol. The van der Waals surface area contributed by atoms with E-state index in [0.717, 1.165) is 17.7 Å². The van der Waals surface area contributed by atoms with Crippen LogP contribution in [0.1, 0.15) is 23.8 Å². The summed E-state index contributed by atoms with van der Waals surface area (Å²) >= 11 is 1.30. The average Bonchev–Trinajstić information content (AvgIpc) is 3.20. The summed E-state index contributed by atoms with van der Waals surface area (Å²) in [7, 11) is 3.06. The fourth-order valence-electron chi connectivity index (χ4n) is 2.17. The Balaban J connectivity index is 1.86. The topological polar surface area (TPSA) is 97.8 Å². The van der Waals surface area contributed by atoms with Gasteiger partial charge in [-0.15, -0.1) is 11.3 Å². The van der Waals surface area contributed by atoms with E-state index in [4.69, 9.17) is 9.47 Å². The summed E-state index contributed by atoms with van der Waals surface area (Å²) in [4.78, 5) is 41.2. The van der Waals surface area contributed by atoms with E-state index in [1.165, 1.54) is 23.3 Å². The molecule has 2 aromatic rings. The molecule has 1 heterocycles. The number of amides is 2. The van der Waals surface area contributed by atoms with Crippen LogP contribution in [0.15, 0.2) is 29.6 Å². The van der Waals surface area contributed by atoms with Crippen molar-refractivity contribution >= 4 is 29.1 Å². The van der Waals surface area contributed by atoms with Gasteiger partial charge < -0.3 is 19.7 Å². The Hall–Kier alpha value is -2.94. The van der Waals surface area contributed by atoms with E-state index >= 15 is 0 Å². The lowest BCUT2D eigenvalue weighted by Crippen LogP contribution is -2.40. The number of ether oxygens (including phenoxy) is 2. The van der Waals surface area contributed by atoms with Crippen LogP contribution in [0.3, 0.4) is 0 Å². The summed E-state index contributed by atoms with van der Waals surface area (Å²) in [5, 5.41) is 4.91. The maximum absolute atomic E-state index is 12.1. The number of nitrogens with zero attached hydrogens (tertiary/aromatic N) is 2. The summed E-state index contributed by atoms with van der Waals surface area (Å²) in [5.74, 6) is -0.683. The molecule has 8 nitrogen and oxygen atoms in total. The van der Waals surface area contributed by atoms with E-state index in [1.807, 2.05) is 19.1 Å². The number of esters is 1. The number of benzene rings is 1. The van der Waals surface area contributed by atoms with Crippen LogP contribution >= 0.6 is 11.3 Å². The first kappa shape index (κ1) is 21.4. The standard InChI is InChI=1S/C19H23N3O5S/c1-4-9-20-16(23)10-22(2)17(24)11-27-19(25)15-12-28-18(21-15)13-5-7-14(26-3)8-6-13/h5-8,12H,4,9-11H2,1-3H3,(H,20,23). The number of likely N-dealkylation sites (N-methyl/N-ethyl adjacent to an activating group) is 1. The van der Waals surface area contributed by atoms with Gasteiger partial charge in [-0.05, 0) is 30.7 Å². The number of nitrogens with one attached hydrogen (secondary N) is 1. The van der Waals surface area contributed by atoms with Gasteiger partial charge in [0.1, 0.15) is 10.8 Å². The van der Waals surface area contributed by atoms with E-state index in [0.29, 0.717) is 11.6 Å². The van der Waals surface area contributed by atoms with Crippen molar-refractivity contribution in [1.82, 2.24) is 15.2 Å². The fourth-order valence-corrected chi connectivity index (χ4v) is 2.96. The molecule has 0 atom stereocenters. The minimum atomic E-state index is -0.687. The third-order valence-electron chi connectivity index (χ3n) is 3.76. The highest BCUT2D eigenvalue weighted by atomic mass is 32.1. The highest BCUT2D eigenvalue weighted by molar-refractivity contribution is 7.13. The summed E-state index contributed by atoms with van der Waals surface area (Å²) in [5.41, 5.74) is 0.978. The van der Waals surface area contributed by atoms with E-state index in [1.54, 1.807) is 24.6 Å². The van der Waals surface area contributed by atoms with Crippen LogP contribution in [0.2, 0.25) is 0 Å². The molecule has 0 spiro atoms. The van der Waals surface area contributed by atoms with Gasteiger partial charge in [-0.25, -0.2) is 9.78 Å². The Bertz CT molecular complexity index is 819. The van der Waals surface area contributed by atoms with Crippen molar-refractivity contribution in [1.29, 1.82) is 0 Å². The van der Waals surface area contributed by atoms with E-state index in [-0.39, 0.29) is 18.1 Å². The number of thiazole rings is 1. The summed E-state index contributed by atoms with van der Waals surface area (Å²) in [6.07, 6.45) is 0.813. The lowest BCUT2D eigenvalue weighted by Gasteiger charge is -2.16. The number of rotatable bonds is 9. The predicted octanol–water partition coefficient (Wildman–Crippen LogP) is 1.96. The summed E-state index contributed by atoms with van der Waals surface area (Å²) in [6, 6.07) is 7.30. The van der Waals surface area contributed by atoms with Crippen molar-refractivity contribution in [2.24, 2.45) is 0 Å². The Morgan fingerprint density at radius 2 is 1.93 bits per heavy atom. The number of methoxy groups -OCH3 is 1.